The average Bonchev–Trinajstić information content (AvgIpc) is 2.37. The van der Waals surface area contributed by atoms with Gasteiger partial charge in [-0.1, -0.05) is 13.0 Å². The summed E-state index contributed by atoms with van der Waals surface area (Å²) in [5.74, 6) is 0.552. The smallest absolute Gasteiger partial charge is 0.257 e. The van der Waals surface area contributed by atoms with Crippen LogP contribution in [0.3, 0.4) is 0 Å². The number of aromatic hydroxyl groups is 1. The molecule has 0 saturated heterocycles. The van der Waals surface area contributed by atoms with Crippen molar-refractivity contribution in [1.29, 1.82) is 0 Å². The van der Waals surface area contributed by atoms with Gasteiger partial charge >= 0.3 is 0 Å². The largest absolute Gasteiger partial charge is 0.505 e. The zero-order valence-corrected chi connectivity index (χ0v) is 11.8. The number of nitrogen functional groups attached to an aromatic ring is 1. The van der Waals surface area contributed by atoms with Crippen molar-refractivity contribution in [3.63, 3.8) is 0 Å². The molecule has 0 fully saturated rings. The highest BCUT2D eigenvalue weighted by molar-refractivity contribution is 7.98. The van der Waals surface area contributed by atoms with Crippen LogP contribution < -0.4 is 5.73 Å². The number of hydrogen-bond acceptors (Lipinski definition) is 4. The van der Waals surface area contributed by atoms with E-state index in [1.54, 1.807) is 41.9 Å². The fraction of sp³-hybridized carbons (Fsp3) is 0.462. The second-order valence-corrected chi connectivity index (χ2v) is 5.09. The third-order valence-corrected chi connectivity index (χ3v) is 3.71. The lowest BCUT2D eigenvalue weighted by Gasteiger charge is -2.27. The maximum Gasteiger partial charge on any atom is 0.257 e. The Balaban J connectivity index is 2.95. The molecule has 1 unspecified atom stereocenters. The molecule has 1 amide bonds. The molecule has 18 heavy (non-hydrogen) atoms. The fourth-order valence-electron chi connectivity index (χ4n) is 1.79. The quantitative estimate of drug-likeness (QED) is 0.634. The molecule has 1 atom stereocenters. The molecule has 1 rings (SSSR count). The van der Waals surface area contributed by atoms with Crippen molar-refractivity contribution in [2.75, 3.05) is 24.8 Å². The number of benzene rings is 1. The van der Waals surface area contributed by atoms with Gasteiger partial charge < -0.3 is 15.7 Å². The third kappa shape index (κ3) is 3.10. The second kappa shape index (κ2) is 6.54. The van der Waals surface area contributed by atoms with Crippen LogP contribution in [-0.2, 0) is 0 Å². The van der Waals surface area contributed by atoms with Crippen LogP contribution in [0.15, 0.2) is 18.2 Å². The van der Waals surface area contributed by atoms with Crippen LogP contribution in [0.4, 0.5) is 5.69 Å². The normalized spacial score (nSPS) is 12.2. The van der Waals surface area contributed by atoms with Gasteiger partial charge in [0.15, 0.2) is 5.75 Å². The Hall–Kier alpha value is -1.36. The number of nitrogens with two attached hydrogens (primary N) is 1. The number of phenolic OH excluding ortho intramolecular Hbond substituents is 1. The molecule has 100 valence electrons. The number of carbonyl (C=O) groups excluding carboxylic acids is 1. The zero-order chi connectivity index (χ0) is 13.7. The molecule has 0 aliphatic rings. The highest BCUT2D eigenvalue weighted by Crippen LogP contribution is 2.26. The predicted octanol–water partition coefficient (Wildman–Crippen LogP) is 2.19. The molecule has 1 aromatic carbocycles. The SMILES string of the molecule is CCC(CSC)N(C)C(=O)c1cccc(N)c1O. The molecule has 4 nitrogen and oxygen atoms in total. The predicted molar refractivity (Wildman–Crippen MR) is 77.1 cm³/mol. The Labute approximate surface area is 112 Å². The molecule has 0 radical (unpaired) electrons. The van der Waals surface area contributed by atoms with E-state index in [9.17, 15) is 9.90 Å². The van der Waals surface area contributed by atoms with Gasteiger partial charge in [0, 0.05) is 18.8 Å². The number of amides is 1. The van der Waals surface area contributed by atoms with Crippen molar-refractivity contribution in [2.45, 2.75) is 19.4 Å². The third-order valence-electron chi connectivity index (χ3n) is 3.00. The van der Waals surface area contributed by atoms with E-state index in [0.717, 1.165) is 12.2 Å². The van der Waals surface area contributed by atoms with Crippen LogP contribution in [0.1, 0.15) is 23.7 Å². The summed E-state index contributed by atoms with van der Waals surface area (Å²) in [4.78, 5) is 14.0. The molecular weight excluding hydrogens is 248 g/mol. The minimum atomic E-state index is -0.194. The van der Waals surface area contributed by atoms with E-state index in [2.05, 4.69) is 0 Å². The van der Waals surface area contributed by atoms with Crippen LogP contribution >= 0.6 is 11.8 Å². The Morgan fingerprint density at radius 3 is 2.78 bits per heavy atom. The van der Waals surface area contributed by atoms with Crippen molar-refractivity contribution in [1.82, 2.24) is 4.90 Å². The lowest BCUT2D eigenvalue weighted by molar-refractivity contribution is 0.0740. The van der Waals surface area contributed by atoms with Crippen molar-refractivity contribution in [3.8, 4) is 5.75 Å². The summed E-state index contributed by atoms with van der Waals surface area (Å²) < 4.78 is 0. The number of hydrogen-bond donors (Lipinski definition) is 2. The van der Waals surface area contributed by atoms with Crippen molar-refractivity contribution in [2.24, 2.45) is 0 Å². The van der Waals surface area contributed by atoms with E-state index in [1.807, 2.05) is 13.2 Å². The molecular formula is C13H20N2O2S. The highest BCUT2D eigenvalue weighted by atomic mass is 32.2. The Kier molecular flexibility index (Phi) is 5.34. The van der Waals surface area contributed by atoms with E-state index < -0.39 is 0 Å². The van der Waals surface area contributed by atoms with E-state index in [-0.39, 0.29) is 28.9 Å². The van der Waals surface area contributed by atoms with Gasteiger partial charge in [0.2, 0.25) is 0 Å². The first-order valence-corrected chi connectivity index (χ1v) is 7.25. The summed E-state index contributed by atoms with van der Waals surface area (Å²) in [6, 6.07) is 5.00. The lowest BCUT2D eigenvalue weighted by Crippen LogP contribution is -2.38. The standard InChI is InChI=1S/C13H20N2O2S/c1-4-9(8-18-3)15(2)13(17)10-6-5-7-11(14)12(10)16/h5-7,9,16H,4,8,14H2,1-3H3. The van der Waals surface area contributed by atoms with Crippen LogP contribution in [-0.4, -0.2) is 41.0 Å². The minimum Gasteiger partial charge on any atom is -0.505 e. The summed E-state index contributed by atoms with van der Waals surface area (Å²) in [6.07, 6.45) is 2.89. The number of para-hydroxylation sites is 1. The molecule has 0 aliphatic carbocycles. The number of phenols is 1. The topological polar surface area (TPSA) is 66.6 Å². The molecule has 1 aromatic rings. The first-order valence-electron chi connectivity index (χ1n) is 5.86. The Morgan fingerprint density at radius 2 is 2.22 bits per heavy atom. The van der Waals surface area contributed by atoms with Gasteiger partial charge in [-0.05, 0) is 24.8 Å². The van der Waals surface area contributed by atoms with Crippen molar-refractivity contribution in [3.05, 3.63) is 23.8 Å². The number of thioether (sulfide) groups is 1. The van der Waals surface area contributed by atoms with Gasteiger partial charge in [0.1, 0.15) is 0 Å². The summed E-state index contributed by atoms with van der Waals surface area (Å²) in [5.41, 5.74) is 6.09. The maximum absolute atomic E-state index is 12.3. The molecule has 0 spiro atoms. The van der Waals surface area contributed by atoms with Gasteiger partial charge in [-0.3, -0.25) is 4.79 Å². The summed E-state index contributed by atoms with van der Waals surface area (Å²) in [5, 5.41) is 9.82. The first-order chi connectivity index (χ1) is 8.52. The van der Waals surface area contributed by atoms with Crippen molar-refractivity contribution < 1.29 is 9.90 Å². The van der Waals surface area contributed by atoms with Crippen LogP contribution in [0.25, 0.3) is 0 Å². The van der Waals surface area contributed by atoms with E-state index in [0.29, 0.717) is 0 Å². The average molecular weight is 268 g/mol. The summed E-state index contributed by atoms with van der Waals surface area (Å²) in [7, 11) is 1.76. The number of carbonyl (C=O) groups is 1. The summed E-state index contributed by atoms with van der Waals surface area (Å²) in [6.45, 7) is 2.05. The Morgan fingerprint density at radius 1 is 1.56 bits per heavy atom. The van der Waals surface area contributed by atoms with E-state index in [1.165, 1.54) is 0 Å². The number of rotatable bonds is 5. The van der Waals surface area contributed by atoms with Gasteiger partial charge in [0.05, 0.1) is 11.3 Å². The summed E-state index contributed by atoms with van der Waals surface area (Å²) >= 11 is 1.70. The van der Waals surface area contributed by atoms with Gasteiger partial charge in [-0.15, -0.1) is 0 Å². The highest BCUT2D eigenvalue weighted by Gasteiger charge is 2.22. The maximum atomic E-state index is 12.3. The van der Waals surface area contributed by atoms with Crippen LogP contribution in [0.2, 0.25) is 0 Å². The number of anilines is 1. The molecule has 0 heterocycles. The second-order valence-electron chi connectivity index (χ2n) is 4.18. The monoisotopic (exact) mass is 268 g/mol. The van der Waals surface area contributed by atoms with Gasteiger partial charge in [0.25, 0.3) is 5.91 Å². The van der Waals surface area contributed by atoms with E-state index in [4.69, 9.17) is 5.73 Å². The molecule has 5 heteroatoms. The molecule has 3 N–H and O–H groups in total. The lowest BCUT2D eigenvalue weighted by atomic mass is 10.1. The van der Waals surface area contributed by atoms with Gasteiger partial charge in [-0.2, -0.15) is 11.8 Å². The fourth-order valence-corrected chi connectivity index (χ4v) is 2.63. The molecule has 0 aliphatic heterocycles. The van der Waals surface area contributed by atoms with E-state index >= 15 is 0 Å². The van der Waals surface area contributed by atoms with Crippen LogP contribution in [0.5, 0.6) is 5.75 Å². The Bertz CT molecular complexity index is 423. The minimum absolute atomic E-state index is 0.131. The van der Waals surface area contributed by atoms with Gasteiger partial charge in [-0.25, -0.2) is 0 Å². The zero-order valence-electron chi connectivity index (χ0n) is 11.0. The number of nitrogens with zero attached hydrogens (tertiary/aromatic N) is 1. The molecule has 0 bridgehead atoms. The van der Waals surface area contributed by atoms with Crippen molar-refractivity contribution >= 4 is 23.4 Å². The van der Waals surface area contributed by atoms with Crippen LogP contribution in [0, 0.1) is 0 Å². The molecule has 0 aromatic heterocycles. The molecule has 0 saturated carbocycles. The first kappa shape index (κ1) is 14.7.